The van der Waals surface area contributed by atoms with E-state index in [1.807, 2.05) is 6.07 Å². The lowest BCUT2D eigenvalue weighted by atomic mass is 9.91. The number of hydrazine groups is 1. The molecule has 1 aromatic heterocycles. The molecule has 3 N–H and O–H groups in total. The van der Waals surface area contributed by atoms with Crippen molar-refractivity contribution >= 4 is 5.82 Å². The molecule has 0 aliphatic heterocycles. The third kappa shape index (κ3) is 3.45. The molecule has 0 aromatic carbocycles. The van der Waals surface area contributed by atoms with Gasteiger partial charge in [-0.25, -0.2) is 15.8 Å². The SMILES string of the molecule is CC(C)Cc1nc(NN)cc(C(C)(C)C)n1. The predicted molar refractivity (Wildman–Crippen MR) is 67.1 cm³/mol. The summed E-state index contributed by atoms with van der Waals surface area (Å²) in [7, 11) is 0. The molecule has 4 heteroatoms. The van der Waals surface area contributed by atoms with Gasteiger partial charge in [-0.2, -0.15) is 0 Å². The van der Waals surface area contributed by atoms with Crippen LogP contribution in [0.1, 0.15) is 46.1 Å². The number of nitrogens with one attached hydrogen (secondary N) is 1. The summed E-state index contributed by atoms with van der Waals surface area (Å²) in [6.07, 6.45) is 0.874. The average molecular weight is 222 g/mol. The first kappa shape index (κ1) is 12.9. The average Bonchev–Trinajstić information content (AvgIpc) is 2.14. The van der Waals surface area contributed by atoms with Crippen LogP contribution in [0, 0.1) is 5.92 Å². The zero-order valence-electron chi connectivity index (χ0n) is 10.8. The van der Waals surface area contributed by atoms with Crippen molar-refractivity contribution in [3.63, 3.8) is 0 Å². The van der Waals surface area contributed by atoms with Crippen molar-refractivity contribution < 1.29 is 0 Å². The summed E-state index contributed by atoms with van der Waals surface area (Å²) in [5.41, 5.74) is 3.64. The molecule has 0 radical (unpaired) electrons. The Morgan fingerprint density at radius 1 is 1.31 bits per heavy atom. The first-order chi connectivity index (χ1) is 7.32. The molecular weight excluding hydrogens is 200 g/mol. The number of anilines is 1. The number of hydrogen-bond acceptors (Lipinski definition) is 4. The van der Waals surface area contributed by atoms with Gasteiger partial charge in [0.15, 0.2) is 0 Å². The van der Waals surface area contributed by atoms with E-state index < -0.39 is 0 Å². The normalized spacial score (nSPS) is 11.9. The molecule has 90 valence electrons. The van der Waals surface area contributed by atoms with Crippen LogP contribution in [0.4, 0.5) is 5.82 Å². The van der Waals surface area contributed by atoms with Gasteiger partial charge in [0.1, 0.15) is 11.6 Å². The Bertz CT molecular complexity index is 353. The summed E-state index contributed by atoms with van der Waals surface area (Å²) in [6.45, 7) is 10.7. The topological polar surface area (TPSA) is 63.8 Å². The molecule has 0 fully saturated rings. The Morgan fingerprint density at radius 2 is 1.94 bits per heavy atom. The van der Waals surface area contributed by atoms with Crippen LogP contribution < -0.4 is 11.3 Å². The highest BCUT2D eigenvalue weighted by Gasteiger charge is 2.18. The minimum atomic E-state index is 0.0142. The number of rotatable bonds is 3. The molecule has 0 spiro atoms. The van der Waals surface area contributed by atoms with Gasteiger partial charge in [0.25, 0.3) is 0 Å². The summed E-state index contributed by atoms with van der Waals surface area (Å²) >= 11 is 0. The molecule has 16 heavy (non-hydrogen) atoms. The van der Waals surface area contributed by atoms with Crippen molar-refractivity contribution in [1.29, 1.82) is 0 Å². The van der Waals surface area contributed by atoms with Gasteiger partial charge in [-0.15, -0.1) is 0 Å². The molecule has 0 aliphatic rings. The van der Waals surface area contributed by atoms with Crippen molar-refractivity contribution in [3.8, 4) is 0 Å². The van der Waals surface area contributed by atoms with E-state index in [1.54, 1.807) is 0 Å². The molecule has 1 heterocycles. The fraction of sp³-hybridized carbons (Fsp3) is 0.667. The summed E-state index contributed by atoms with van der Waals surface area (Å²) in [6, 6.07) is 1.91. The molecule has 1 rings (SSSR count). The lowest BCUT2D eigenvalue weighted by Crippen LogP contribution is -2.19. The summed E-state index contributed by atoms with van der Waals surface area (Å²) in [5.74, 6) is 7.51. The fourth-order valence-electron chi connectivity index (χ4n) is 1.41. The smallest absolute Gasteiger partial charge is 0.143 e. The maximum absolute atomic E-state index is 5.42. The van der Waals surface area contributed by atoms with Crippen molar-refractivity contribution in [2.75, 3.05) is 5.43 Å². The van der Waals surface area contributed by atoms with Crippen LogP contribution in [0.5, 0.6) is 0 Å². The van der Waals surface area contributed by atoms with E-state index in [0.717, 1.165) is 17.9 Å². The van der Waals surface area contributed by atoms with Gasteiger partial charge in [-0.3, -0.25) is 0 Å². The first-order valence-electron chi connectivity index (χ1n) is 5.68. The van der Waals surface area contributed by atoms with Crippen LogP contribution in [0.2, 0.25) is 0 Å². The molecular formula is C12H22N4. The third-order valence-corrected chi connectivity index (χ3v) is 2.28. The van der Waals surface area contributed by atoms with Gasteiger partial charge in [0.2, 0.25) is 0 Å². The highest BCUT2D eigenvalue weighted by Crippen LogP contribution is 2.22. The maximum atomic E-state index is 5.42. The Balaban J connectivity index is 3.11. The van der Waals surface area contributed by atoms with Gasteiger partial charge in [0.05, 0.1) is 5.69 Å². The largest absolute Gasteiger partial charge is 0.308 e. The number of nitrogens with two attached hydrogens (primary N) is 1. The molecule has 0 atom stereocenters. The van der Waals surface area contributed by atoms with E-state index in [2.05, 4.69) is 50.0 Å². The number of nitrogens with zero attached hydrogens (tertiary/aromatic N) is 2. The summed E-state index contributed by atoms with van der Waals surface area (Å²) in [4.78, 5) is 8.94. The minimum Gasteiger partial charge on any atom is -0.308 e. The van der Waals surface area contributed by atoms with Crippen LogP contribution in [0.3, 0.4) is 0 Å². The highest BCUT2D eigenvalue weighted by molar-refractivity contribution is 5.36. The molecule has 0 amide bonds. The lowest BCUT2D eigenvalue weighted by molar-refractivity contribution is 0.551. The molecule has 0 unspecified atom stereocenters. The van der Waals surface area contributed by atoms with E-state index in [0.29, 0.717) is 11.7 Å². The first-order valence-corrected chi connectivity index (χ1v) is 5.68. The highest BCUT2D eigenvalue weighted by atomic mass is 15.3. The Morgan fingerprint density at radius 3 is 2.38 bits per heavy atom. The summed E-state index contributed by atoms with van der Waals surface area (Å²) in [5, 5.41) is 0. The van der Waals surface area contributed by atoms with E-state index in [9.17, 15) is 0 Å². The zero-order valence-corrected chi connectivity index (χ0v) is 10.8. The monoisotopic (exact) mass is 222 g/mol. The van der Waals surface area contributed by atoms with Gasteiger partial charge >= 0.3 is 0 Å². The van der Waals surface area contributed by atoms with Crippen molar-refractivity contribution in [2.24, 2.45) is 11.8 Å². The van der Waals surface area contributed by atoms with Gasteiger partial charge in [0, 0.05) is 17.9 Å². The lowest BCUT2D eigenvalue weighted by Gasteiger charge is -2.19. The van der Waals surface area contributed by atoms with Crippen LogP contribution in [0.15, 0.2) is 6.07 Å². The number of nitrogen functional groups attached to an aromatic ring is 1. The van der Waals surface area contributed by atoms with Crippen LogP contribution in [-0.2, 0) is 11.8 Å². The van der Waals surface area contributed by atoms with E-state index in [4.69, 9.17) is 5.84 Å². The zero-order chi connectivity index (χ0) is 12.3. The van der Waals surface area contributed by atoms with E-state index in [1.165, 1.54) is 0 Å². The van der Waals surface area contributed by atoms with Crippen LogP contribution >= 0.6 is 0 Å². The van der Waals surface area contributed by atoms with E-state index >= 15 is 0 Å². The second-order valence-corrected chi connectivity index (χ2v) is 5.55. The second kappa shape index (κ2) is 4.78. The summed E-state index contributed by atoms with van der Waals surface area (Å²) < 4.78 is 0. The molecule has 1 aromatic rings. The van der Waals surface area contributed by atoms with Crippen LogP contribution in [-0.4, -0.2) is 9.97 Å². The van der Waals surface area contributed by atoms with Crippen molar-refractivity contribution in [3.05, 3.63) is 17.6 Å². The van der Waals surface area contributed by atoms with Gasteiger partial charge in [-0.05, 0) is 5.92 Å². The van der Waals surface area contributed by atoms with Crippen molar-refractivity contribution in [1.82, 2.24) is 9.97 Å². The van der Waals surface area contributed by atoms with E-state index in [-0.39, 0.29) is 5.41 Å². The van der Waals surface area contributed by atoms with Crippen molar-refractivity contribution in [2.45, 2.75) is 46.5 Å². The second-order valence-electron chi connectivity index (χ2n) is 5.55. The van der Waals surface area contributed by atoms with Gasteiger partial charge in [-0.1, -0.05) is 34.6 Å². The molecule has 0 saturated carbocycles. The number of aromatic nitrogens is 2. The maximum Gasteiger partial charge on any atom is 0.143 e. The molecule has 0 saturated heterocycles. The Labute approximate surface area is 97.7 Å². The Hall–Kier alpha value is -1.16. The number of hydrogen-bond donors (Lipinski definition) is 2. The quantitative estimate of drug-likeness (QED) is 0.608. The molecule has 0 aliphatic carbocycles. The molecule has 4 nitrogen and oxygen atoms in total. The van der Waals surface area contributed by atoms with Crippen LogP contribution in [0.25, 0.3) is 0 Å². The molecule has 0 bridgehead atoms. The minimum absolute atomic E-state index is 0.0142. The van der Waals surface area contributed by atoms with Gasteiger partial charge < -0.3 is 5.43 Å². The fourth-order valence-corrected chi connectivity index (χ4v) is 1.41. The predicted octanol–water partition coefficient (Wildman–Crippen LogP) is 2.26. The standard InChI is InChI=1S/C12H22N4/c1-8(2)6-10-14-9(12(3,4)5)7-11(15-10)16-13/h7-8H,6,13H2,1-5H3,(H,14,15,16). The Kier molecular flexibility index (Phi) is 3.86. The third-order valence-electron chi connectivity index (χ3n) is 2.28.